The highest BCUT2D eigenvalue weighted by Crippen LogP contribution is 2.60. The normalized spacial score (nSPS) is 14.2. The van der Waals surface area contributed by atoms with Crippen LogP contribution in [-0.2, 0) is 21.7 Å². The van der Waals surface area contributed by atoms with E-state index in [0.717, 1.165) is 68.4 Å². The van der Waals surface area contributed by atoms with Crippen LogP contribution in [0.4, 0.5) is 85.3 Å². The lowest BCUT2D eigenvalue weighted by Gasteiger charge is -2.53. The summed E-state index contributed by atoms with van der Waals surface area (Å²) in [7, 11) is 0. The molecule has 15 aromatic rings. The molecule has 0 amide bonds. The second kappa shape index (κ2) is 24.9. The second-order valence-electron chi connectivity index (χ2n) is 36.8. The number of rotatable bonds is 8. The Hall–Kier alpha value is -12.7. The molecule has 7 heterocycles. The van der Waals surface area contributed by atoms with Crippen molar-refractivity contribution in [1.82, 2.24) is 0 Å². The third kappa shape index (κ3) is 10.4. The zero-order valence-electron chi connectivity index (χ0n) is 67.4. The Morgan fingerprint density at radius 3 is 0.843 bits per heavy atom. The van der Waals surface area contributed by atoms with Crippen LogP contribution in [0, 0.1) is 0 Å². The van der Waals surface area contributed by atoms with E-state index >= 15 is 0 Å². The number of hydrogen-bond acceptors (Lipinski definition) is 6. The van der Waals surface area contributed by atoms with Gasteiger partial charge in [0.05, 0.1) is 11.4 Å². The van der Waals surface area contributed by atoms with Crippen molar-refractivity contribution in [3.8, 4) is 56.0 Å². The van der Waals surface area contributed by atoms with Crippen LogP contribution < -0.4 is 78.4 Å². The summed E-state index contributed by atoms with van der Waals surface area (Å²) in [5, 5.41) is 0. The van der Waals surface area contributed by atoms with Crippen molar-refractivity contribution in [2.24, 2.45) is 0 Å². The van der Waals surface area contributed by atoms with Gasteiger partial charge in [0.25, 0.3) is 20.1 Å². The monoisotopic (exact) mass is 1480 g/mol. The number of anilines is 15. The molecule has 7 aliphatic heterocycles. The number of nitrogens with zero attached hydrogens (tertiary/aromatic N) is 5. The van der Waals surface area contributed by atoms with Crippen molar-refractivity contribution < 1.29 is 4.74 Å². The van der Waals surface area contributed by atoms with E-state index in [9.17, 15) is 0 Å². The first-order valence-corrected chi connectivity index (χ1v) is 41.1. The first kappa shape index (κ1) is 69.0. The lowest BCUT2D eigenvalue weighted by molar-refractivity contribution is 0.433. The molecule has 0 aromatic heterocycles. The maximum absolute atomic E-state index is 8.12. The topological polar surface area (TPSA) is 25.4 Å². The molecule has 22 rings (SSSR count). The molecule has 7 aliphatic rings. The van der Waals surface area contributed by atoms with Crippen LogP contribution in [-0.4, -0.2) is 20.1 Å². The molecule has 552 valence electrons. The van der Waals surface area contributed by atoms with Gasteiger partial charge in [-0.3, -0.25) is 0 Å². The molecule has 0 N–H and O–H groups in total. The van der Waals surface area contributed by atoms with Gasteiger partial charge in [-0.15, -0.1) is 0 Å². The molecule has 6 nitrogen and oxygen atoms in total. The SMILES string of the molecule is CC(C)(C)c1ccc2c(c1)N(c1ccc(-c3ccccc3)cc1)c1cccc3c1B2c1cc2c(cc1N3c1ccc(-c3ccccc3)cc1)N(c1ccc(-c3ccccc3)cc1)c1cc3c4c5c1B2c1ccc(C(C)(C)C)c2c1N5c1c(ccc(C(C)(C)C)c1O2)B4c1ccc(C(C)(C)C)cc1N3c1ccc(-c2ccccc2)cc1. The van der Waals surface area contributed by atoms with E-state index in [1.165, 1.54) is 144 Å². The van der Waals surface area contributed by atoms with E-state index < -0.39 is 0 Å². The van der Waals surface area contributed by atoms with Gasteiger partial charge in [0.15, 0.2) is 11.5 Å². The summed E-state index contributed by atoms with van der Waals surface area (Å²) in [5.74, 6) is 1.89. The third-order valence-corrected chi connectivity index (χ3v) is 25.8. The maximum Gasteiger partial charge on any atom is 0.252 e. The Morgan fingerprint density at radius 2 is 0.504 bits per heavy atom. The van der Waals surface area contributed by atoms with Crippen LogP contribution in [0.5, 0.6) is 11.5 Å². The molecule has 0 radical (unpaired) electrons. The molecule has 0 spiro atoms. The highest BCUT2D eigenvalue weighted by atomic mass is 16.5. The van der Waals surface area contributed by atoms with Crippen LogP contribution in [0.25, 0.3) is 44.5 Å². The summed E-state index contributed by atoms with van der Waals surface area (Å²) in [6, 6.07) is 121. The van der Waals surface area contributed by atoms with Gasteiger partial charge in [0.1, 0.15) is 0 Å². The van der Waals surface area contributed by atoms with E-state index in [2.05, 4.69) is 423 Å². The van der Waals surface area contributed by atoms with Crippen LogP contribution in [0.1, 0.15) is 105 Å². The van der Waals surface area contributed by atoms with Crippen molar-refractivity contribution in [3.63, 3.8) is 0 Å². The first-order chi connectivity index (χ1) is 55.6. The molecular weight excluding hydrogens is 1390 g/mol. The molecule has 0 saturated heterocycles. The molecule has 115 heavy (non-hydrogen) atoms. The number of benzene rings is 15. The molecule has 0 saturated carbocycles. The summed E-state index contributed by atoms with van der Waals surface area (Å²) in [4.78, 5) is 13.3. The fraction of sp³-hybridized carbons (Fsp3) is 0.151. The fourth-order valence-corrected chi connectivity index (χ4v) is 20.2. The number of fused-ring (bicyclic) bond motifs is 10. The molecule has 9 heteroatoms. The Kier molecular flexibility index (Phi) is 14.9. The predicted molar refractivity (Wildman–Crippen MR) is 490 cm³/mol. The van der Waals surface area contributed by atoms with Gasteiger partial charge in [-0.05, 0) is 211 Å². The molecule has 0 aliphatic carbocycles. The minimum atomic E-state index is -0.299. The summed E-state index contributed by atoms with van der Waals surface area (Å²) in [6.45, 7) is 27.6. The Bertz CT molecular complexity index is 6540. The molecule has 0 unspecified atom stereocenters. The van der Waals surface area contributed by atoms with E-state index in [-0.39, 0.29) is 41.8 Å². The van der Waals surface area contributed by atoms with Gasteiger partial charge in [-0.2, -0.15) is 0 Å². The van der Waals surface area contributed by atoms with Crippen molar-refractivity contribution in [2.45, 2.75) is 105 Å². The minimum Gasteiger partial charge on any atom is -0.452 e. The maximum atomic E-state index is 8.12. The van der Waals surface area contributed by atoms with Gasteiger partial charge in [0, 0.05) is 85.1 Å². The summed E-state index contributed by atoms with van der Waals surface area (Å²) >= 11 is 0. The van der Waals surface area contributed by atoms with Crippen LogP contribution in [0.2, 0.25) is 0 Å². The van der Waals surface area contributed by atoms with Gasteiger partial charge in [-0.25, -0.2) is 0 Å². The van der Waals surface area contributed by atoms with E-state index in [0.29, 0.717) is 0 Å². The summed E-state index contributed by atoms with van der Waals surface area (Å²) in [6.07, 6.45) is 0. The largest absolute Gasteiger partial charge is 0.452 e. The molecule has 0 atom stereocenters. The third-order valence-electron chi connectivity index (χ3n) is 25.8. The van der Waals surface area contributed by atoms with E-state index in [1.54, 1.807) is 0 Å². The van der Waals surface area contributed by atoms with Crippen LogP contribution >= 0.6 is 0 Å². The minimum absolute atomic E-state index is 0.141. The van der Waals surface area contributed by atoms with Gasteiger partial charge in [-0.1, -0.05) is 314 Å². The van der Waals surface area contributed by atoms with Crippen LogP contribution in [0.15, 0.2) is 315 Å². The van der Waals surface area contributed by atoms with Crippen molar-refractivity contribution in [3.05, 3.63) is 338 Å². The smallest absolute Gasteiger partial charge is 0.252 e. The zero-order chi connectivity index (χ0) is 78.0. The summed E-state index contributed by atoms with van der Waals surface area (Å²) < 4.78 is 8.12. The number of hydrogen-bond donors (Lipinski definition) is 0. The average Bonchev–Trinajstić information content (AvgIpc) is 0.686. The summed E-state index contributed by atoms with van der Waals surface area (Å²) in [5.41, 5.74) is 42.2. The zero-order valence-corrected chi connectivity index (χ0v) is 67.4. The molecule has 0 fully saturated rings. The lowest BCUT2D eigenvalue weighted by atomic mass is 9.27. The molecule has 0 bridgehead atoms. The van der Waals surface area contributed by atoms with E-state index in [1.807, 2.05) is 0 Å². The van der Waals surface area contributed by atoms with Crippen molar-refractivity contribution >= 4 is 155 Å². The van der Waals surface area contributed by atoms with Gasteiger partial charge >= 0.3 is 0 Å². The van der Waals surface area contributed by atoms with Gasteiger partial charge < -0.3 is 29.2 Å². The molecular formula is C106H88B3N5O. The Morgan fingerprint density at radius 1 is 0.209 bits per heavy atom. The number of ether oxygens (including phenoxy) is 1. The van der Waals surface area contributed by atoms with Crippen molar-refractivity contribution in [2.75, 3.05) is 24.5 Å². The highest BCUT2D eigenvalue weighted by molar-refractivity contribution is 7.06. The standard InChI is InChI=1S/C106H88B3N5O/c1-103(2,3)73-45-57-82-89(60-73)110(75-46-36-69(37-47-75)65-26-17-13-18-27-65)87-34-25-35-88-95(87)108(82)85-62-86-92(63-91(85)111(88)76-48-38-70(39-49-76)66-28-19-14-20-29-66)113(78-52-42-72(43-53-78)68-32-23-16-24-33-68)94-64-93-96-100-97(94)109(86)84-59-55-80(106(10,11)12)102-99(84)114(100)98-83(58-54-79(101(98)115-102)105(7,8)9)107(96)81-56-44-74(104(4,5)6)61-90(81)112(93)77-50-40-71(41-51-77)67-30-21-15-22-31-67/h13-64H,1-12H3. The Labute approximate surface area is 677 Å². The Balaban J connectivity index is 0.873. The first-order valence-electron chi connectivity index (χ1n) is 41.1. The fourth-order valence-electron chi connectivity index (χ4n) is 20.2. The lowest BCUT2D eigenvalue weighted by Crippen LogP contribution is -2.70. The molecule has 15 aromatic carbocycles. The second-order valence-corrected chi connectivity index (χ2v) is 36.8. The van der Waals surface area contributed by atoms with Gasteiger partial charge in [0.2, 0.25) is 0 Å². The van der Waals surface area contributed by atoms with E-state index in [4.69, 9.17) is 4.74 Å². The average molecular weight is 1480 g/mol. The predicted octanol–water partition coefficient (Wildman–Crippen LogP) is 22.4. The van der Waals surface area contributed by atoms with Crippen LogP contribution in [0.3, 0.4) is 0 Å². The highest BCUT2D eigenvalue weighted by Gasteiger charge is 2.57. The quantitative estimate of drug-likeness (QED) is 0.141. The van der Waals surface area contributed by atoms with Crippen molar-refractivity contribution in [1.29, 1.82) is 0 Å².